The van der Waals surface area contributed by atoms with E-state index < -0.39 is 6.10 Å². The Morgan fingerprint density at radius 3 is 2.94 bits per heavy atom. The molecule has 1 unspecified atom stereocenters. The Morgan fingerprint density at radius 2 is 2.11 bits per heavy atom. The molecule has 2 aromatic heterocycles. The Labute approximate surface area is 109 Å². The highest BCUT2D eigenvalue weighted by Crippen LogP contribution is 2.22. The molecule has 3 rings (SSSR count). The number of benzene rings is 1. The van der Waals surface area contributed by atoms with Crippen molar-refractivity contribution in [2.45, 2.75) is 12.5 Å². The molecule has 1 N–H and O–H groups in total. The van der Waals surface area contributed by atoms with E-state index in [1.54, 1.807) is 23.7 Å². The zero-order valence-corrected chi connectivity index (χ0v) is 10.5. The van der Waals surface area contributed by atoms with Gasteiger partial charge in [-0.25, -0.2) is 4.98 Å². The SMILES string of the molecule is OC(Cc1nccs1)c1ccc2ncccc2c1. The molecular formula is C14H12N2OS. The molecule has 18 heavy (non-hydrogen) atoms. The Balaban J connectivity index is 1.89. The van der Waals surface area contributed by atoms with Gasteiger partial charge in [0.15, 0.2) is 0 Å². The molecule has 0 aliphatic heterocycles. The average Bonchev–Trinajstić information content (AvgIpc) is 2.91. The molecule has 0 radical (unpaired) electrons. The summed E-state index contributed by atoms with van der Waals surface area (Å²) < 4.78 is 0. The third-order valence-corrected chi connectivity index (χ3v) is 3.67. The third kappa shape index (κ3) is 2.25. The van der Waals surface area contributed by atoms with Crippen molar-refractivity contribution in [3.05, 3.63) is 58.7 Å². The molecule has 3 aromatic rings. The predicted molar refractivity (Wildman–Crippen MR) is 72.5 cm³/mol. The smallest absolute Gasteiger partial charge is 0.0954 e. The molecule has 0 aliphatic rings. The molecule has 0 amide bonds. The van der Waals surface area contributed by atoms with Crippen molar-refractivity contribution in [3.63, 3.8) is 0 Å². The number of aliphatic hydroxyl groups excluding tert-OH is 1. The molecule has 1 aromatic carbocycles. The second kappa shape index (κ2) is 4.84. The van der Waals surface area contributed by atoms with Crippen LogP contribution in [0.2, 0.25) is 0 Å². The van der Waals surface area contributed by atoms with E-state index in [0.717, 1.165) is 21.5 Å². The minimum atomic E-state index is -0.513. The standard InChI is InChI=1S/C14H12N2OS/c17-13(9-14-16-6-7-18-14)11-3-4-12-10(8-11)2-1-5-15-12/h1-8,13,17H,9H2. The topological polar surface area (TPSA) is 46.0 Å². The number of fused-ring (bicyclic) bond motifs is 1. The van der Waals surface area contributed by atoms with E-state index in [4.69, 9.17) is 0 Å². The van der Waals surface area contributed by atoms with Crippen molar-refractivity contribution in [2.24, 2.45) is 0 Å². The van der Waals surface area contributed by atoms with Gasteiger partial charge in [0.1, 0.15) is 0 Å². The van der Waals surface area contributed by atoms with Crippen LogP contribution in [0.15, 0.2) is 48.1 Å². The maximum atomic E-state index is 10.2. The molecule has 0 fully saturated rings. The lowest BCUT2D eigenvalue weighted by Crippen LogP contribution is -2.01. The van der Waals surface area contributed by atoms with Gasteiger partial charge in [-0.2, -0.15) is 0 Å². The van der Waals surface area contributed by atoms with Gasteiger partial charge >= 0.3 is 0 Å². The van der Waals surface area contributed by atoms with E-state index in [9.17, 15) is 5.11 Å². The lowest BCUT2D eigenvalue weighted by Gasteiger charge is -2.10. The summed E-state index contributed by atoms with van der Waals surface area (Å²) in [5.41, 5.74) is 1.85. The van der Waals surface area contributed by atoms with Crippen LogP contribution in [0, 0.1) is 0 Å². The molecule has 0 spiro atoms. The molecule has 0 bridgehead atoms. The second-order valence-electron chi connectivity index (χ2n) is 4.10. The van der Waals surface area contributed by atoms with Crippen molar-refractivity contribution in [1.82, 2.24) is 9.97 Å². The number of aromatic nitrogens is 2. The van der Waals surface area contributed by atoms with Gasteiger partial charge < -0.3 is 5.11 Å². The van der Waals surface area contributed by atoms with Crippen LogP contribution in [0.1, 0.15) is 16.7 Å². The largest absolute Gasteiger partial charge is 0.388 e. The van der Waals surface area contributed by atoms with Gasteiger partial charge in [-0.05, 0) is 23.8 Å². The second-order valence-corrected chi connectivity index (χ2v) is 5.08. The van der Waals surface area contributed by atoms with Crippen LogP contribution in [-0.2, 0) is 6.42 Å². The first-order chi connectivity index (χ1) is 8.83. The van der Waals surface area contributed by atoms with Crippen molar-refractivity contribution in [1.29, 1.82) is 0 Å². The lowest BCUT2D eigenvalue weighted by molar-refractivity contribution is 0.178. The monoisotopic (exact) mass is 256 g/mol. The summed E-state index contributed by atoms with van der Waals surface area (Å²) in [6.07, 6.45) is 3.58. The molecule has 4 heteroatoms. The minimum Gasteiger partial charge on any atom is -0.388 e. The molecule has 0 aliphatic carbocycles. The van der Waals surface area contributed by atoms with Gasteiger partial charge in [0.2, 0.25) is 0 Å². The lowest BCUT2D eigenvalue weighted by atomic mass is 10.0. The molecule has 90 valence electrons. The van der Waals surface area contributed by atoms with E-state index >= 15 is 0 Å². The molecule has 2 heterocycles. The number of hydrogen-bond donors (Lipinski definition) is 1. The van der Waals surface area contributed by atoms with Crippen molar-refractivity contribution in [3.8, 4) is 0 Å². The van der Waals surface area contributed by atoms with E-state index in [1.807, 2.05) is 35.7 Å². The highest BCUT2D eigenvalue weighted by molar-refractivity contribution is 7.09. The normalized spacial score (nSPS) is 12.7. The number of thiazole rings is 1. The molecule has 0 saturated carbocycles. The number of pyridine rings is 1. The molecule has 0 saturated heterocycles. The van der Waals surface area contributed by atoms with Crippen LogP contribution < -0.4 is 0 Å². The van der Waals surface area contributed by atoms with Crippen molar-refractivity contribution >= 4 is 22.2 Å². The van der Waals surface area contributed by atoms with E-state index in [2.05, 4.69) is 9.97 Å². The van der Waals surface area contributed by atoms with Crippen LogP contribution in [0.3, 0.4) is 0 Å². The van der Waals surface area contributed by atoms with Gasteiger partial charge in [-0.3, -0.25) is 4.98 Å². The number of hydrogen-bond acceptors (Lipinski definition) is 4. The summed E-state index contributed by atoms with van der Waals surface area (Å²) in [5, 5.41) is 14.1. The average molecular weight is 256 g/mol. The van der Waals surface area contributed by atoms with E-state index in [1.165, 1.54) is 0 Å². The molecule has 3 nitrogen and oxygen atoms in total. The van der Waals surface area contributed by atoms with Crippen LogP contribution in [-0.4, -0.2) is 15.1 Å². The zero-order chi connectivity index (χ0) is 12.4. The van der Waals surface area contributed by atoms with Crippen LogP contribution >= 0.6 is 11.3 Å². The van der Waals surface area contributed by atoms with Gasteiger partial charge in [0.25, 0.3) is 0 Å². The van der Waals surface area contributed by atoms with Gasteiger partial charge in [0, 0.05) is 29.6 Å². The number of rotatable bonds is 3. The van der Waals surface area contributed by atoms with Gasteiger partial charge in [-0.15, -0.1) is 11.3 Å². The summed E-state index contributed by atoms with van der Waals surface area (Å²) in [7, 11) is 0. The fourth-order valence-corrected chi connectivity index (χ4v) is 2.59. The number of nitrogens with zero attached hydrogens (tertiary/aromatic N) is 2. The fraction of sp³-hybridized carbons (Fsp3) is 0.143. The summed E-state index contributed by atoms with van der Waals surface area (Å²) in [5.74, 6) is 0. The first-order valence-corrected chi connectivity index (χ1v) is 6.62. The van der Waals surface area contributed by atoms with Crippen molar-refractivity contribution < 1.29 is 5.11 Å². The summed E-state index contributed by atoms with van der Waals surface area (Å²) in [6, 6.07) is 9.76. The zero-order valence-electron chi connectivity index (χ0n) is 9.65. The quantitative estimate of drug-likeness (QED) is 0.783. The molecular weight excluding hydrogens is 244 g/mol. The van der Waals surface area contributed by atoms with Crippen LogP contribution in [0.25, 0.3) is 10.9 Å². The predicted octanol–water partition coefficient (Wildman–Crippen LogP) is 2.97. The van der Waals surface area contributed by atoms with Gasteiger partial charge in [-0.1, -0.05) is 12.1 Å². The number of aliphatic hydroxyl groups is 1. The first kappa shape index (κ1) is 11.3. The fourth-order valence-electron chi connectivity index (χ4n) is 1.94. The van der Waals surface area contributed by atoms with Crippen LogP contribution in [0.4, 0.5) is 0 Å². The van der Waals surface area contributed by atoms with E-state index in [-0.39, 0.29) is 0 Å². The van der Waals surface area contributed by atoms with Crippen LogP contribution in [0.5, 0.6) is 0 Å². The summed E-state index contributed by atoms with van der Waals surface area (Å²) >= 11 is 1.57. The maximum Gasteiger partial charge on any atom is 0.0954 e. The molecule has 1 atom stereocenters. The minimum absolute atomic E-state index is 0.513. The van der Waals surface area contributed by atoms with Crippen molar-refractivity contribution in [2.75, 3.05) is 0 Å². The van der Waals surface area contributed by atoms with E-state index in [0.29, 0.717) is 6.42 Å². The Morgan fingerprint density at radius 1 is 1.17 bits per heavy atom. The van der Waals surface area contributed by atoms with Gasteiger partial charge in [0.05, 0.1) is 16.6 Å². The first-order valence-electron chi connectivity index (χ1n) is 5.74. The Bertz CT molecular complexity index is 652. The third-order valence-electron chi connectivity index (χ3n) is 2.86. The summed E-state index contributed by atoms with van der Waals surface area (Å²) in [6.45, 7) is 0. The Hall–Kier alpha value is -1.78. The maximum absolute atomic E-state index is 10.2. The Kier molecular flexibility index (Phi) is 3.04. The highest BCUT2D eigenvalue weighted by Gasteiger charge is 2.10. The summed E-state index contributed by atoms with van der Waals surface area (Å²) in [4.78, 5) is 8.46. The highest BCUT2D eigenvalue weighted by atomic mass is 32.1.